The molecule has 0 amide bonds. The molecular formula is C13H12IN5. The van der Waals surface area contributed by atoms with Gasteiger partial charge >= 0.3 is 0 Å². The largest absolute Gasteiger partial charge is 0.308 e. The van der Waals surface area contributed by atoms with Crippen LogP contribution in [-0.2, 0) is 6.54 Å². The number of hydrogen-bond acceptors (Lipinski definition) is 4. The molecule has 3 N–H and O–H groups in total. The standard InChI is InChI=1S/C13H12IN5/c14-11-6-16-19(8-11)7-10-5-9-3-1-2-4-12(9)17-13(10)18-15/h1-6,8H,7,15H2,(H,17,18). The van der Waals surface area contributed by atoms with Crippen molar-refractivity contribution in [2.24, 2.45) is 5.84 Å². The number of aromatic nitrogens is 3. The number of fused-ring (bicyclic) bond motifs is 1. The summed E-state index contributed by atoms with van der Waals surface area (Å²) in [6.45, 7) is 0.639. The smallest absolute Gasteiger partial charge is 0.145 e. The lowest BCUT2D eigenvalue weighted by Gasteiger charge is -2.10. The van der Waals surface area contributed by atoms with Gasteiger partial charge in [-0.05, 0) is 34.7 Å². The maximum Gasteiger partial charge on any atom is 0.145 e. The van der Waals surface area contributed by atoms with Crippen LogP contribution in [0.4, 0.5) is 5.82 Å². The van der Waals surface area contributed by atoms with Gasteiger partial charge in [0.05, 0.1) is 21.8 Å². The zero-order valence-electron chi connectivity index (χ0n) is 10.0. The van der Waals surface area contributed by atoms with Crippen molar-refractivity contribution in [1.29, 1.82) is 0 Å². The second-order valence-electron chi connectivity index (χ2n) is 4.19. The number of pyridine rings is 1. The number of nitrogens with two attached hydrogens (primary N) is 1. The molecule has 0 fully saturated rings. The predicted molar refractivity (Wildman–Crippen MR) is 83.6 cm³/mol. The van der Waals surface area contributed by atoms with Gasteiger partial charge in [0, 0.05) is 17.1 Å². The Morgan fingerprint density at radius 3 is 2.89 bits per heavy atom. The molecule has 0 bridgehead atoms. The lowest BCUT2D eigenvalue weighted by molar-refractivity contribution is 0.686. The maximum absolute atomic E-state index is 5.56. The van der Waals surface area contributed by atoms with Gasteiger partial charge in [-0.25, -0.2) is 10.8 Å². The molecule has 0 spiro atoms. The maximum atomic E-state index is 5.56. The first-order chi connectivity index (χ1) is 9.26. The molecule has 0 saturated heterocycles. The van der Waals surface area contributed by atoms with E-state index in [1.54, 1.807) is 0 Å². The molecule has 0 atom stereocenters. The summed E-state index contributed by atoms with van der Waals surface area (Å²) in [6.07, 6.45) is 3.81. The quantitative estimate of drug-likeness (QED) is 0.425. The van der Waals surface area contributed by atoms with Crippen LogP contribution in [0.3, 0.4) is 0 Å². The summed E-state index contributed by atoms with van der Waals surface area (Å²) in [6, 6.07) is 10.1. The second-order valence-corrected chi connectivity index (χ2v) is 5.43. The van der Waals surface area contributed by atoms with Gasteiger partial charge in [0.15, 0.2) is 0 Å². The molecule has 3 aromatic rings. The van der Waals surface area contributed by atoms with Crippen molar-refractivity contribution in [2.45, 2.75) is 6.54 Å². The van der Waals surface area contributed by atoms with Crippen LogP contribution in [0.15, 0.2) is 42.7 Å². The van der Waals surface area contributed by atoms with Gasteiger partial charge < -0.3 is 5.43 Å². The highest BCUT2D eigenvalue weighted by Crippen LogP contribution is 2.20. The topological polar surface area (TPSA) is 68.8 Å². The molecule has 0 aliphatic rings. The molecule has 2 heterocycles. The Balaban J connectivity index is 2.05. The van der Waals surface area contributed by atoms with Crippen LogP contribution in [0.25, 0.3) is 10.9 Å². The Bertz CT molecular complexity index is 722. The van der Waals surface area contributed by atoms with Gasteiger partial charge in [0.25, 0.3) is 0 Å². The van der Waals surface area contributed by atoms with Crippen molar-refractivity contribution in [3.8, 4) is 0 Å². The number of para-hydroxylation sites is 1. The minimum Gasteiger partial charge on any atom is -0.308 e. The molecule has 0 aliphatic carbocycles. The normalized spacial score (nSPS) is 10.8. The average Bonchev–Trinajstić information content (AvgIpc) is 2.83. The van der Waals surface area contributed by atoms with Crippen molar-refractivity contribution in [2.75, 3.05) is 5.43 Å². The molecule has 6 heteroatoms. The monoisotopic (exact) mass is 365 g/mol. The average molecular weight is 365 g/mol. The van der Waals surface area contributed by atoms with Crippen LogP contribution in [0.5, 0.6) is 0 Å². The lowest BCUT2D eigenvalue weighted by atomic mass is 10.1. The van der Waals surface area contributed by atoms with E-state index in [4.69, 9.17) is 5.84 Å². The molecule has 3 rings (SSSR count). The fourth-order valence-electron chi connectivity index (χ4n) is 2.00. The lowest BCUT2D eigenvalue weighted by Crippen LogP contribution is -2.13. The van der Waals surface area contributed by atoms with Gasteiger partial charge in [-0.15, -0.1) is 0 Å². The van der Waals surface area contributed by atoms with Gasteiger partial charge in [-0.3, -0.25) is 4.68 Å². The number of nitrogen functional groups attached to an aromatic ring is 1. The van der Waals surface area contributed by atoms with Gasteiger partial charge in [0.2, 0.25) is 0 Å². The van der Waals surface area contributed by atoms with Crippen LogP contribution in [0.1, 0.15) is 5.56 Å². The molecule has 0 saturated carbocycles. The molecule has 1 aromatic carbocycles. The molecular weight excluding hydrogens is 353 g/mol. The molecule has 2 aromatic heterocycles. The summed E-state index contributed by atoms with van der Waals surface area (Å²) >= 11 is 2.24. The zero-order valence-corrected chi connectivity index (χ0v) is 12.2. The Hall–Kier alpha value is -1.67. The Morgan fingerprint density at radius 2 is 2.16 bits per heavy atom. The predicted octanol–water partition coefficient (Wildman–Crippen LogP) is 2.37. The van der Waals surface area contributed by atoms with E-state index >= 15 is 0 Å². The van der Waals surface area contributed by atoms with Crippen molar-refractivity contribution < 1.29 is 0 Å². The molecule has 5 nitrogen and oxygen atoms in total. The van der Waals surface area contributed by atoms with Crippen molar-refractivity contribution in [3.63, 3.8) is 0 Å². The Labute approximate surface area is 123 Å². The molecule has 96 valence electrons. The van der Waals surface area contributed by atoms with Crippen LogP contribution in [-0.4, -0.2) is 14.8 Å². The van der Waals surface area contributed by atoms with Gasteiger partial charge in [0.1, 0.15) is 5.82 Å². The third-order valence-corrected chi connectivity index (χ3v) is 3.43. The van der Waals surface area contributed by atoms with Crippen molar-refractivity contribution in [1.82, 2.24) is 14.8 Å². The number of hydrazine groups is 1. The number of hydrogen-bond donors (Lipinski definition) is 2. The fourth-order valence-corrected chi connectivity index (χ4v) is 2.45. The van der Waals surface area contributed by atoms with E-state index in [0.717, 1.165) is 20.0 Å². The highest BCUT2D eigenvalue weighted by molar-refractivity contribution is 14.1. The summed E-state index contributed by atoms with van der Waals surface area (Å²) < 4.78 is 2.97. The zero-order chi connectivity index (χ0) is 13.2. The van der Waals surface area contributed by atoms with Gasteiger partial charge in [-0.1, -0.05) is 18.2 Å². The number of halogens is 1. The first kappa shape index (κ1) is 12.4. The highest BCUT2D eigenvalue weighted by atomic mass is 127. The van der Waals surface area contributed by atoms with Gasteiger partial charge in [-0.2, -0.15) is 5.10 Å². The Morgan fingerprint density at radius 1 is 1.32 bits per heavy atom. The van der Waals surface area contributed by atoms with E-state index in [2.05, 4.69) is 44.2 Å². The Kier molecular flexibility index (Phi) is 3.34. The molecule has 0 radical (unpaired) electrons. The molecule has 0 unspecified atom stereocenters. The van der Waals surface area contributed by atoms with Crippen LogP contribution in [0, 0.1) is 3.57 Å². The summed E-state index contributed by atoms with van der Waals surface area (Å²) in [5.41, 5.74) is 4.60. The van der Waals surface area contributed by atoms with E-state index in [-0.39, 0.29) is 0 Å². The molecule has 19 heavy (non-hydrogen) atoms. The van der Waals surface area contributed by atoms with E-state index in [0.29, 0.717) is 12.4 Å². The second kappa shape index (κ2) is 5.14. The summed E-state index contributed by atoms with van der Waals surface area (Å²) in [7, 11) is 0. The summed E-state index contributed by atoms with van der Waals surface area (Å²) in [5.74, 6) is 6.24. The fraction of sp³-hybridized carbons (Fsp3) is 0.0769. The first-order valence-electron chi connectivity index (χ1n) is 5.79. The van der Waals surface area contributed by atoms with Crippen molar-refractivity contribution in [3.05, 3.63) is 51.9 Å². The minimum atomic E-state index is 0.639. The SMILES string of the molecule is NNc1nc2ccccc2cc1Cn1cc(I)cn1. The summed E-state index contributed by atoms with van der Waals surface area (Å²) in [5, 5.41) is 5.38. The van der Waals surface area contributed by atoms with Crippen LogP contribution in [0.2, 0.25) is 0 Å². The van der Waals surface area contributed by atoms with E-state index < -0.39 is 0 Å². The summed E-state index contributed by atoms with van der Waals surface area (Å²) in [4.78, 5) is 4.52. The van der Waals surface area contributed by atoms with Crippen LogP contribution < -0.4 is 11.3 Å². The highest BCUT2D eigenvalue weighted by Gasteiger charge is 2.07. The number of rotatable bonds is 3. The van der Waals surface area contributed by atoms with E-state index in [1.165, 1.54) is 0 Å². The third kappa shape index (κ3) is 2.54. The first-order valence-corrected chi connectivity index (χ1v) is 6.87. The number of benzene rings is 1. The van der Waals surface area contributed by atoms with E-state index in [9.17, 15) is 0 Å². The van der Waals surface area contributed by atoms with Crippen molar-refractivity contribution >= 4 is 39.3 Å². The van der Waals surface area contributed by atoms with E-state index in [1.807, 2.05) is 41.3 Å². The number of anilines is 1. The molecule has 0 aliphatic heterocycles. The number of nitrogens with zero attached hydrogens (tertiary/aromatic N) is 3. The third-order valence-electron chi connectivity index (χ3n) is 2.87. The minimum absolute atomic E-state index is 0.639. The number of nitrogens with one attached hydrogen (secondary N) is 1. The van der Waals surface area contributed by atoms with Crippen LogP contribution >= 0.6 is 22.6 Å².